The van der Waals surface area contributed by atoms with E-state index in [-0.39, 0.29) is 42.7 Å². The van der Waals surface area contributed by atoms with Crippen molar-refractivity contribution in [1.82, 2.24) is 14.7 Å². The van der Waals surface area contributed by atoms with Crippen LogP contribution >= 0.6 is 0 Å². The number of aliphatic hydroxyl groups excluding tert-OH is 1. The van der Waals surface area contributed by atoms with E-state index in [0.717, 1.165) is 37.7 Å². The summed E-state index contributed by atoms with van der Waals surface area (Å²) in [4.78, 5) is 62.4. The lowest BCUT2D eigenvalue weighted by atomic mass is 9.70. The molecule has 1 aromatic carbocycles. The molecule has 9 atom stereocenters. The Labute approximate surface area is 297 Å². The van der Waals surface area contributed by atoms with E-state index >= 15 is 0 Å². The maximum atomic E-state index is 15.0. The van der Waals surface area contributed by atoms with Crippen molar-refractivity contribution in [2.24, 2.45) is 17.8 Å². The van der Waals surface area contributed by atoms with Gasteiger partial charge in [0.25, 0.3) is 0 Å². The van der Waals surface area contributed by atoms with E-state index in [1.54, 1.807) is 29.0 Å². The van der Waals surface area contributed by atoms with Crippen molar-refractivity contribution < 1.29 is 33.8 Å². The highest BCUT2D eigenvalue weighted by atomic mass is 16.6. The van der Waals surface area contributed by atoms with E-state index in [9.17, 15) is 24.3 Å². The van der Waals surface area contributed by atoms with E-state index < -0.39 is 53.7 Å². The summed E-state index contributed by atoms with van der Waals surface area (Å²) in [6.07, 6.45) is 9.46. The van der Waals surface area contributed by atoms with Crippen LogP contribution in [-0.2, 0) is 28.7 Å². The molecule has 3 heterocycles. The molecule has 0 radical (unpaired) electrons. The minimum absolute atomic E-state index is 0.0245. The summed E-state index contributed by atoms with van der Waals surface area (Å²) >= 11 is 0. The lowest BCUT2D eigenvalue weighted by molar-refractivity contribution is -0.165. The topological polar surface area (TPSA) is 117 Å². The van der Waals surface area contributed by atoms with Crippen LogP contribution in [0.4, 0.5) is 0 Å². The molecule has 2 bridgehead atoms. The number of amides is 3. The summed E-state index contributed by atoms with van der Waals surface area (Å²) in [5, 5.41) is 10.8. The maximum absolute atomic E-state index is 15.0. The van der Waals surface area contributed by atoms with E-state index in [4.69, 9.17) is 9.47 Å². The number of hydrogen-bond donors (Lipinski definition) is 1. The average molecular weight is 692 g/mol. The third-order valence-electron chi connectivity index (χ3n) is 12.1. The van der Waals surface area contributed by atoms with Crippen LogP contribution in [0.2, 0.25) is 0 Å². The fraction of sp³-hybridized carbons (Fsp3) is 0.650. The molecular weight excluding hydrogens is 634 g/mol. The van der Waals surface area contributed by atoms with Gasteiger partial charge in [0, 0.05) is 26.1 Å². The van der Waals surface area contributed by atoms with Crippen LogP contribution in [0.15, 0.2) is 55.6 Å². The zero-order valence-electron chi connectivity index (χ0n) is 30.4. The van der Waals surface area contributed by atoms with Crippen molar-refractivity contribution in [3.05, 3.63) is 61.2 Å². The smallest absolute Gasteiger partial charge is 0.313 e. The number of hydrogen-bond acceptors (Lipinski definition) is 7. The monoisotopic (exact) mass is 691 g/mol. The van der Waals surface area contributed by atoms with Crippen LogP contribution in [0.3, 0.4) is 0 Å². The van der Waals surface area contributed by atoms with Gasteiger partial charge < -0.3 is 29.3 Å². The van der Waals surface area contributed by atoms with Crippen LogP contribution in [0.5, 0.6) is 0 Å². The first-order chi connectivity index (χ1) is 24.1. The zero-order valence-corrected chi connectivity index (χ0v) is 30.4. The molecule has 1 aliphatic carbocycles. The molecule has 1 spiro atoms. The lowest BCUT2D eigenvalue weighted by Gasteiger charge is -2.43. The standard InChI is InChI=1S/C40H57N3O7/c1-7-10-21-32(45)41(6)27(5)35(28-17-13-11-14-18-28)49-39(48)33-31-22-23-40(50-31)34(33)37(46)43(30(25-44)26(4)9-3)36(40)38(47)42(24-8-2)29-19-15-12-16-20-29/h7-8,11,13-14,17-18,26-27,29-31,33-36,44H,1-2,9-10,12,15-16,19-25H2,3-6H3/t26-,27+,30-,31+,33-,34-,35-,36+,40-/m0/s1. The van der Waals surface area contributed by atoms with Gasteiger partial charge in [0.15, 0.2) is 0 Å². The predicted octanol–water partition coefficient (Wildman–Crippen LogP) is 5.21. The summed E-state index contributed by atoms with van der Waals surface area (Å²) in [6, 6.07) is 7.24. The Balaban J connectivity index is 1.51. The number of carbonyl (C=O) groups excluding carboxylic acids is 4. The quantitative estimate of drug-likeness (QED) is 0.187. The zero-order chi connectivity index (χ0) is 36.2. The molecule has 10 nitrogen and oxygen atoms in total. The molecule has 0 unspecified atom stereocenters. The fourth-order valence-corrected chi connectivity index (χ4v) is 9.04. The summed E-state index contributed by atoms with van der Waals surface area (Å²) < 4.78 is 13.1. The van der Waals surface area contributed by atoms with Crippen LogP contribution in [0.1, 0.15) is 96.6 Å². The highest BCUT2D eigenvalue weighted by molar-refractivity contribution is 5.98. The molecule has 3 aliphatic heterocycles. The number of esters is 1. The molecule has 0 aromatic heterocycles. The van der Waals surface area contributed by atoms with E-state index in [2.05, 4.69) is 13.2 Å². The molecule has 10 heteroatoms. The molecule has 4 aliphatic rings. The van der Waals surface area contributed by atoms with E-state index in [1.807, 2.05) is 56.0 Å². The van der Waals surface area contributed by atoms with Crippen molar-refractivity contribution in [2.45, 2.75) is 127 Å². The first-order valence-electron chi connectivity index (χ1n) is 18.7. The largest absolute Gasteiger partial charge is 0.455 e. The average Bonchev–Trinajstić information content (AvgIpc) is 3.79. The summed E-state index contributed by atoms with van der Waals surface area (Å²) in [6.45, 7) is 13.5. The van der Waals surface area contributed by atoms with Gasteiger partial charge in [-0.3, -0.25) is 19.2 Å². The number of rotatable bonds is 16. The molecule has 50 heavy (non-hydrogen) atoms. The van der Waals surface area contributed by atoms with Gasteiger partial charge in [0.05, 0.1) is 36.6 Å². The highest BCUT2D eigenvalue weighted by Crippen LogP contribution is 2.60. The Hall–Kier alpha value is -3.50. The van der Waals surface area contributed by atoms with Crippen LogP contribution in [0, 0.1) is 17.8 Å². The molecule has 3 saturated heterocycles. The number of nitrogens with zero attached hydrogens (tertiary/aromatic N) is 3. The Bertz CT molecular complexity index is 1400. The molecule has 274 valence electrons. The number of ether oxygens (including phenoxy) is 2. The number of likely N-dealkylation sites (N-methyl/N-ethyl adjacent to an activating group) is 1. The second kappa shape index (κ2) is 16.2. The molecule has 1 aromatic rings. The van der Waals surface area contributed by atoms with Crippen LogP contribution in [0.25, 0.3) is 0 Å². The van der Waals surface area contributed by atoms with Crippen molar-refractivity contribution in [2.75, 3.05) is 20.2 Å². The van der Waals surface area contributed by atoms with Gasteiger partial charge in [0.1, 0.15) is 17.7 Å². The highest BCUT2D eigenvalue weighted by Gasteiger charge is 2.76. The Morgan fingerprint density at radius 1 is 1.10 bits per heavy atom. The summed E-state index contributed by atoms with van der Waals surface area (Å²) in [5.41, 5.74) is -0.490. The summed E-state index contributed by atoms with van der Waals surface area (Å²) in [5.74, 6) is -3.17. The molecule has 1 N–H and O–H groups in total. The number of carbonyl (C=O) groups is 4. The third kappa shape index (κ3) is 6.90. The number of fused-ring (bicyclic) bond motifs is 1. The number of likely N-dealkylation sites (tertiary alicyclic amines) is 1. The van der Waals surface area contributed by atoms with Gasteiger partial charge in [-0.1, -0.05) is 82.0 Å². The van der Waals surface area contributed by atoms with Gasteiger partial charge in [-0.15, -0.1) is 13.2 Å². The SMILES string of the molecule is C=CCCC(=O)N(C)[C@H](C)[C@H](OC(=O)[C@@H]1[C@H]2C(=O)N([C@@H](CO)[C@@H](C)CC)[C@H](C(=O)N(CC=C)C3CCCCC3)[C@]23CC[C@H]1O3)c1ccccc1. The predicted molar refractivity (Wildman–Crippen MR) is 191 cm³/mol. The first-order valence-corrected chi connectivity index (χ1v) is 18.7. The molecule has 3 amide bonds. The van der Waals surface area contributed by atoms with Crippen molar-refractivity contribution in [3.8, 4) is 0 Å². The van der Waals surface area contributed by atoms with Gasteiger partial charge in [-0.2, -0.15) is 0 Å². The van der Waals surface area contributed by atoms with Crippen LogP contribution in [-0.4, -0.2) is 99.6 Å². The second-order valence-electron chi connectivity index (χ2n) is 14.8. The Morgan fingerprint density at radius 3 is 2.42 bits per heavy atom. The first kappa shape index (κ1) is 37.7. The minimum atomic E-state index is -1.22. The third-order valence-corrected chi connectivity index (χ3v) is 12.1. The maximum Gasteiger partial charge on any atom is 0.313 e. The Kier molecular flexibility index (Phi) is 12.3. The molecular formula is C40H57N3O7. The minimum Gasteiger partial charge on any atom is -0.455 e. The molecule has 1 saturated carbocycles. The molecule has 4 fully saturated rings. The van der Waals surface area contributed by atoms with Gasteiger partial charge in [-0.05, 0) is 50.5 Å². The van der Waals surface area contributed by atoms with Crippen molar-refractivity contribution >= 4 is 23.7 Å². The van der Waals surface area contributed by atoms with Crippen molar-refractivity contribution in [1.29, 1.82) is 0 Å². The number of allylic oxidation sites excluding steroid dienone is 1. The van der Waals surface area contributed by atoms with Gasteiger partial charge >= 0.3 is 5.97 Å². The van der Waals surface area contributed by atoms with E-state index in [1.165, 1.54) is 0 Å². The summed E-state index contributed by atoms with van der Waals surface area (Å²) in [7, 11) is 1.70. The lowest BCUT2D eigenvalue weighted by Crippen LogP contribution is -2.61. The van der Waals surface area contributed by atoms with Crippen molar-refractivity contribution in [3.63, 3.8) is 0 Å². The van der Waals surface area contributed by atoms with Gasteiger partial charge in [-0.25, -0.2) is 0 Å². The Morgan fingerprint density at radius 2 is 1.80 bits per heavy atom. The molecule has 5 rings (SSSR count). The van der Waals surface area contributed by atoms with Gasteiger partial charge in [0.2, 0.25) is 17.7 Å². The van der Waals surface area contributed by atoms with E-state index in [0.29, 0.717) is 32.2 Å². The normalized spacial score (nSPS) is 28.3. The fourth-order valence-electron chi connectivity index (χ4n) is 9.04. The van der Waals surface area contributed by atoms with Crippen LogP contribution < -0.4 is 0 Å². The number of aliphatic hydroxyl groups is 1. The second-order valence-corrected chi connectivity index (χ2v) is 14.8. The number of benzene rings is 1.